The largest absolute Gasteiger partial charge is 0.395 e. The molecule has 106 valence electrons. The molecule has 1 fully saturated rings. The molecule has 0 bridgehead atoms. The Bertz CT molecular complexity index is 419. The molecule has 2 rings (SSSR count). The third-order valence-corrected chi connectivity index (χ3v) is 3.69. The van der Waals surface area contributed by atoms with Gasteiger partial charge in [0.05, 0.1) is 19.1 Å². The second kappa shape index (κ2) is 6.68. The number of hydrogen-bond acceptors (Lipinski definition) is 4. The molecule has 2 N–H and O–H groups in total. The quantitative estimate of drug-likeness (QED) is 0.787. The summed E-state index contributed by atoms with van der Waals surface area (Å²) in [5.74, 6) is -0.0995. The minimum atomic E-state index is -0.0995. The van der Waals surface area contributed by atoms with E-state index in [2.05, 4.69) is 15.2 Å². The molecule has 1 atom stereocenters. The van der Waals surface area contributed by atoms with Crippen LogP contribution in [0.5, 0.6) is 0 Å². The van der Waals surface area contributed by atoms with Crippen LogP contribution in [-0.4, -0.2) is 57.7 Å². The van der Waals surface area contributed by atoms with Crippen LogP contribution in [0.4, 0.5) is 0 Å². The highest BCUT2D eigenvalue weighted by atomic mass is 16.3. The van der Waals surface area contributed by atoms with Gasteiger partial charge >= 0.3 is 0 Å². The Kier molecular flexibility index (Phi) is 4.93. The highest BCUT2D eigenvalue weighted by Gasteiger charge is 2.21. The fourth-order valence-electron chi connectivity index (χ4n) is 2.54. The van der Waals surface area contributed by atoms with Gasteiger partial charge in [-0.2, -0.15) is 0 Å². The van der Waals surface area contributed by atoms with E-state index >= 15 is 0 Å². The number of aliphatic hydroxyl groups excluding tert-OH is 1. The molecular formula is C13H22N4O2. The van der Waals surface area contributed by atoms with E-state index in [-0.39, 0.29) is 18.6 Å². The Morgan fingerprint density at radius 3 is 3.11 bits per heavy atom. The first kappa shape index (κ1) is 14.0. The number of rotatable bonds is 5. The number of carbonyl (C=O) groups is 1. The Labute approximate surface area is 113 Å². The normalized spacial score (nSPS) is 20.4. The summed E-state index contributed by atoms with van der Waals surface area (Å²) in [6.07, 6.45) is 6.58. The molecule has 19 heavy (non-hydrogen) atoms. The van der Waals surface area contributed by atoms with Crippen LogP contribution in [0.1, 0.15) is 29.8 Å². The number of hydrogen-bond donors (Lipinski definition) is 2. The molecule has 1 amide bonds. The third kappa shape index (κ3) is 3.54. The number of imidazole rings is 1. The molecule has 1 aliphatic rings. The monoisotopic (exact) mass is 266 g/mol. The molecule has 6 nitrogen and oxygen atoms in total. The van der Waals surface area contributed by atoms with Crippen molar-refractivity contribution in [1.29, 1.82) is 0 Å². The van der Waals surface area contributed by atoms with Gasteiger partial charge in [0, 0.05) is 26.2 Å². The van der Waals surface area contributed by atoms with Crippen LogP contribution in [0, 0.1) is 0 Å². The zero-order valence-electron chi connectivity index (χ0n) is 11.4. The molecule has 0 aliphatic carbocycles. The summed E-state index contributed by atoms with van der Waals surface area (Å²) in [5, 5.41) is 12.2. The molecule has 1 aliphatic heterocycles. The molecule has 1 unspecified atom stereocenters. The summed E-state index contributed by atoms with van der Waals surface area (Å²) < 4.78 is 1.70. The second-order valence-corrected chi connectivity index (χ2v) is 5.01. The first-order valence-electron chi connectivity index (χ1n) is 6.82. The molecule has 0 aromatic carbocycles. The van der Waals surface area contributed by atoms with Crippen LogP contribution in [0.3, 0.4) is 0 Å². The maximum absolute atomic E-state index is 11.9. The molecule has 0 spiro atoms. The predicted octanol–water partition coefficient (Wildman–Crippen LogP) is -0.00330. The second-order valence-electron chi connectivity index (χ2n) is 5.01. The van der Waals surface area contributed by atoms with Gasteiger partial charge in [0.1, 0.15) is 5.69 Å². The average molecular weight is 266 g/mol. The van der Waals surface area contributed by atoms with Crippen LogP contribution in [0.15, 0.2) is 12.5 Å². The number of carbonyl (C=O) groups excluding carboxylic acids is 1. The lowest BCUT2D eigenvalue weighted by Crippen LogP contribution is -2.45. The SMILES string of the molecule is Cn1cncc1C(=O)NCCN1CCCCC1CO. The van der Waals surface area contributed by atoms with E-state index < -0.39 is 0 Å². The standard InChI is InChI=1S/C13H22N4O2/c1-16-10-14-8-12(16)13(19)15-5-7-17-6-3-2-4-11(17)9-18/h8,10-11,18H,2-7,9H2,1H3,(H,15,19). The van der Waals surface area contributed by atoms with Crippen LogP contribution < -0.4 is 5.32 Å². The van der Waals surface area contributed by atoms with E-state index in [9.17, 15) is 9.90 Å². The van der Waals surface area contributed by atoms with E-state index in [1.807, 2.05) is 0 Å². The molecule has 0 radical (unpaired) electrons. The van der Waals surface area contributed by atoms with Gasteiger partial charge in [0.2, 0.25) is 0 Å². The molecule has 2 heterocycles. The van der Waals surface area contributed by atoms with Gasteiger partial charge in [-0.25, -0.2) is 4.98 Å². The van der Waals surface area contributed by atoms with Gasteiger partial charge in [-0.1, -0.05) is 6.42 Å². The number of aliphatic hydroxyl groups is 1. The van der Waals surface area contributed by atoms with Crippen molar-refractivity contribution in [3.05, 3.63) is 18.2 Å². The Hall–Kier alpha value is -1.40. The Balaban J connectivity index is 1.77. The molecule has 0 saturated carbocycles. The van der Waals surface area contributed by atoms with Gasteiger partial charge in [-0.05, 0) is 19.4 Å². The predicted molar refractivity (Wildman–Crippen MR) is 71.8 cm³/mol. The zero-order chi connectivity index (χ0) is 13.7. The summed E-state index contributed by atoms with van der Waals surface area (Å²) in [7, 11) is 1.80. The summed E-state index contributed by atoms with van der Waals surface area (Å²) in [5.41, 5.74) is 0.567. The smallest absolute Gasteiger partial charge is 0.269 e. The van der Waals surface area contributed by atoms with Crippen molar-refractivity contribution < 1.29 is 9.90 Å². The van der Waals surface area contributed by atoms with Gasteiger partial charge in [0.25, 0.3) is 5.91 Å². The summed E-state index contributed by atoms with van der Waals surface area (Å²) in [6.45, 7) is 2.60. The zero-order valence-corrected chi connectivity index (χ0v) is 11.4. The molecule has 1 saturated heterocycles. The molecular weight excluding hydrogens is 244 g/mol. The lowest BCUT2D eigenvalue weighted by molar-refractivity contribution is 0.0845. The van der Waals surface area contributed by atoms with Gasteiger partial charge in [0.15, 0.2) is 0 Å². The summed E-state index contributed by atoms with van der Waals surface area (Å²) >= 11 is 0. The van der Waals surface area contributed by atoms with E-state index in [1.165, 1.54) is 12.8 Å². The number of nitrogens with one attached hydrogen (secondary N) is 1. The lowest BCUT2D eigenvalue weighted by Gasteiger charge is -2.34. The number of nitrogens with zero attached hydrogens (tertiary/aromatic N) is 3. The van der Waals surface area contributed by atoms with Crippen LogP contribution >= 0.6 is 0 Å². The van der Waals surface area contributed by atoms with Crippen LogP contribution in [0.25, 0.3) is 0 Å². The summed E-state index contributed by atoms with van der Waals surface area (Å²) in [4.78, 5) is 18.1. The fraction of sp³-hybridized carbons (Fsp3) is 0.692. The first-order chi connectivity index (χ1) is 9.22. The van der Waals surface area contributed by atoms with Gasteiger partial charge < -0.3 is 15.0 Å². The van der Waals surface area contributed by atoms with Crippen molar-refractivity contribution in [2.24, 2.45) is 7.05 Å². The van der Waals surface area contributed by atoms with Crippen molar-refractivity contribution in [2.75, 3.05) is 26.2 Å². The van der Waals surface area contributed by atoms with Crippen molar-refractivity contribution >= 4 is 5.91 Å². The number of piperidine rings is 1. The van der Waals surface area contributed by atoms with E-state index in [0.29, 0.717) is 12.2 Å². The van der Waals surface area contributed by atoms with Crippen LogP contribution in [0.2, 0.25) is 0 Å². The van der Waals surface area contributed by atoms with Crippen molar-refractivity contribution in [2.45, 2.75) is 25.3 Å². The summed E-state index contributed by atoms with van der Waals surface area (Å²) in [6, 6.07) is 0.252. The minimum absolute atomic E-state index is 0.0995. The minimum Gasteiger partial charge on any atom is -0.395 e. The number of likely N-dealkylation sites (tertiary alicyclic amines) is 1. The maximum atomic E-state index is 11.9. The Morgan fingerprint density at radius 2 is 2.42 bits per heavy atom. The molecule has 1 aromatic heterocycles. The van der Waals surface area contributed by atoms with Crippen molar-refractivity contribution in [3.8, 4) is 0 Å². The number of aromatic nitrogens is 2. The van der Waals surface area contributed by atoms with Gasteiger partial charge in [-0.3, -0.25) is 9.69 Å². The van der Waals surface area contributed by atoms with Gasteiger partial charge in [-0.15, -0.1) is 0 Å². The van der Waals surface area contributed by atoms with Crippen LogP contribution in [-0.2, 0) is 7.05 Å². The third-order valence-electron chi connectivity index (χ3n) is 3.69. The average Bonchev–Trinajstić information content (AvgIpc) is 2.85. The lowest BCUT2D eigenvalue weighted by atomic mass is 10.0. The number of aryl methyl sites for hydroxylation is 1. The topological polar surface area (TPSA) is 70.4 Å². The van der Waals surface area contributed by atoms with E-state index in [4.69, 9.17) is 0 Å². The molecule has 1 aromatic rings. The first-order valence-corrected chi connectivity index (χ1v) is 6.82. The number of amides is 1. The highest BCUT2D eigenvalue weighted by molar-refractivity contribution is 5.92. The van der Waals surface area contributed by atoms with E-state index in [0.717, 1.165) is 19.5 Å². The van der Waals surface area contributed by atoms with E-state index in [1.54, 1.807) is 24.1 Å². The van der Waals surface area contributed by atoms with Crippen molar-refractivity contribution in [3.63, 3.8) is 0 Å². The fourth-order valence-corrected chi connectivity index (χ4v) is 2.54. The van der Waals surface area contributed by atoms with Crippen molar-refractivity contribution in [1.82, 2.24) is 19.8 Å². The maximum Gasteiger partial charge on any atom is 0.269 e. The highest BCUT2D eigenvalue weighted by Crippen LogP contribution is 2.15. The molecule has 6 heteroatoms. The Morgan fingerprint density at radius 1 is 1.58 bits per heavy atom.